The molecule has 0 N–H and O–H groups in total. The molecule has 0 saturated carbocycles. The van der Waals surface area contributed by atoms with Crippen LogP contribution in [0.4, 0.5) is 0 Å². The Morgan fingerprint density at radius 2 is 1.96 bits per heavy atom. The molecule has 9 heteroatoms. The number of hydrogen-bond donors (Lipinski definition) is 0. The zero-order valence-corrected chi connectivity index (χ0v) is 15.4. The van der Waals surface area contributed by atoms with Crippen LogP contribution >= 0.6 is 0 Å². The number of ether oxygens (including phenoxy) is 1. The molecular formula is C15H22N2O5S2. The summed E-state index contributed by atoms with van der Waals surface area (Å²) in [4.78, 5) is 0.139. The Labute approximate surface area is 143 Å². The van der Waals surface area contributed by atoms with Crippen molar-refractivity contribution in [1.29, 1.82) is 0 Å². The van der Waals surface area contributed by atoms with Gasteiger partial charge in [-0.1, -0.05) is 12.1 Å². The summed E-state index contributed by atoms with van der Waals surface area (Å²) in [6.07, 6.45) is 1.68. The quantitative estimate of drug-likeness (QED) is 0.773. The molecule has 134 valence electrons. The SMILES string of the molecule is CN(C)S(=O)(=O)C1CCCN(S(=O)(=O)c2cccc3c2OCC3)C1. The highest BCUT2D eigenvalue weighted by molar-refractivity contribution is 7.90. The maximum Gasteiger partial charge on any atom is 0.246 e. The van der Waals surface area contributed by atoms with E-state index in [1.807, 2.05) is 6.07 Å². The first kappa shape index (κ1) is 17.7. The summed E-state index contributed by atoms with van der Waals surface area (Å²) in [6.45, 7) is 0.775. The lowest BCUT2D eigenvalue weighted by molar-refractivity contribution is 0.330. The number of piperidine rings is 1. The van der Waals surface area contributed by atoms with Crippen molar-refractivity contribution < 1.29 is 21.6 Å². The van der Waals surface area contributed by atoms with Gasteiger partial charge in [0.2, 0.25) is 20.0 Å². The zero-order chi connectivity index (χ0) is 17.5. The van der Waals surface area contributed by atoms with Crippen LogP contribution in [0.25, 0.3) is 0 Å². The van der Waals surface area contributed by atoms with Crippen molar-refractivity contribution in [3.63, 3.8) is 0 Å². The van der Waals surface area contributed by atoms with Crippen LogP contribution in [0, 0.1) is 0 Å². The first-order valence-corrected chi connectivity index (χ1v) is 10.8. The van der Waals surface area contributed by atoms with Gasteiger partial charge in [0.1, 0.15) is 10.6 Å². The molecule has 0 spiro atoms. The summed E-state index contributed by atoms with van der Waals surface area (Å²) in [5, 5.41) is -0.714. The minimum atomic E-state index is -3.78. The molecule has 3 rings (SSSR count). The van der Waals surface area contributed by atoms with Crippen LogP contribution < -0.4 is 4.74 Å². The maximum atomic E-state index is 13.0. The first-order valence-electron chi connectivity index (χ1n) is 7.91. The molecule has 1 aromatic carbocycles. The molecule has 2 aliphatic rings. The Morgan fingerprint density at radius 1 is 1.21 bits per heavy atom. The fourth-order valence-corrected chi connectivity index (χ4v) is 6.41. The predicted molar refractivity (Wildman–Crippen MR) is 90.0 cm³/mol. The van der Waals surface area contributed by atoms with Gasteiger partial charge in [-0.3, -0.25) is 0 Å². The summed E-state index contributed by atoms with van der Waals surface area (Å²) in [7, 11) is -4.33. The third kappa shape index (κ3) is 2.94. The maximum absolute atomic E-state index is 13.0. The van der Waals surface area contributed by atoms with Crippen LogP contribution in [-0.2, 0) is 26.5 Å². The van der Waals surface area contributed by atoms with E-state index in [-0.39, 0.29) is 11.4 Å². The van der Waals surface area contributed by atoms with E-state index in [0.29, 0.717) is 38.2 Å². The lowest BCUT2D eigenvalue weighted by Crippen LogP contribution is -2.48. The van der Waals surface area contributed by atoms with E-state index >= 15 is 0 Å². The topological polar surface area (TPSA) is 84.0 Å². The van der Waals surface area contributed by atoms with Gasteiger partial charge in [-0.2, -0.15) is 4.31 Å². The van der Waals surface area contributed by atoms with Crippen molar-refractivity contribution in [3.05, 3.63) is 23.8 Å². The third-order valence-corrected chi connectivity index (χ3v) is 8.70. The molecule has 24 heavy (non-hydrogen) atoms. The van der Waals surface area contributed by atoms with Crippen molar-refractivity contribution >= 4 is 20.0 Å². The number of para-hydroxylation sites is 1. The van der Waals surface area contributed by atoms with E-state index in [1.165, 1.54) is 24.5 Å². The lowest BCUT2D eigenvalue weighted by Gasteiger charge is -2.33. The van der Waals surface area contributed by atoms with E-state index < -0.39 is 25.3 Å². The average Bonchev–Trinajstić information content (AvgIpc) is 3.03. The fraction of sp³-hybridized carbons (Fsp3) is 0.600. The number of hydrogen-bond acceptors (Lipinski definition) is 5. The van der Waals surface area contributed by atoms with Gasteiger partial charge in [-0.25, -0.2) is 21.1 Å². The van der Waals surface area contributed by atoms with Gasteiger partial charge in [0.25, 0.3) is 0 Å². The summed E-state index contributed by atoms with van der Waals surface area (Å²) >= 11 is 0. The number of fused-ring (bicyclic) bond motifs is 1. The Bertz CT molecular complexity index is 833. The molecule has 1 saturated heterocycles. The van der Waals surface area contributed by atoms with Crippen molar-refractivity contribution in [2.75, 3.05) is 33.8 Å². The standard InChI is InChI=1S/C15H22N2O5S2/c1-16(2)23(18,19)13-6-4-9-17(11-13)24(20,21)14-7-3-5-12-8-10-22-15(12)14/h3,5,7,13H,4,6,8-11H2,1-2H3. The van der Waals surface area contributed by atoms with E-state index in [9.17, 15) is 16.8 Å². The molecule has 1 atom stereocenters. The van der Waals surface area contributed by atoms with Crippen LogP contribution in [-0.4, -0.2) is 64.5 Å². The highest BCUT2D eigenvalue weighted by Crippen LogP contribution is 2.35. The van der Waals surface area contributed by atoms with Crippen molar-refractivity contribution in [3.8, 4) is 5.75 Å². The molecule has 0 aliphatic carbocycles. The normalized spacial score (nSPS) is 22.4. The average molecular weight is 374 g/mol. The molecule has 7 nitrogen and oxygen atoms in total. The molecule has 0 bridgehead atoms. The van der Waals surface area contributed by atoms with Gasteiger partial charge in [0, 0.05) is 33.6 Å². The second-order valence-electron chi connectivity index (χ2n) is 6.30. The van der Waals surface area contributed by atoms with E-state index in [4.69, 9.17) is 4.74 Å². The van der Waals surface area contributed by atoms with Gasteiger partial charge in [-0.05, 0) is 24.5 Å². The van der Waals surface area contributed by atoms with E-state index in [0.717, 1.165) is 9.87 Å². The highest BCUT2D eigenvalue weighted by Gasteiger charge is 2.38. The fourth-order valence-electron chi connectivity index (χ4n) is 3.19. The molecule has 2 heterocycles. The van der Waals surface area contributed by atoms with Crippen molar-refractivity contribution in [2.45, 2.75) is 29.4 Å². The van der Waals surface area contributed by atoms with E-state index in [1.54, 1.807) is 6.07 Å². The largest absolute Gasteiger partial charge is 0.492 e. The molecule has 1 unspecified atom stereocenters. The minimum absolute atomic E-state index is 0.0213. The van der Waals surface area contributed by atoms with Gasteiger partial charge in [0.15, 0.2) is 0 Å². The first-order chi connectivity index (χ1) is 11.2. The number of benzene rings is 1. The number of nitrogens with zero attached hydrogens (tertiary/aromatic N) is 2. The Balaban J connectivity index is 1.92. The van der Waals surface area contributed by atoms with E-state index in [2.05, 4.69) is 0 Å². The summed E-state index contributed by atoms with van der Waals surface area (Å²) < 4.78 is 58.7. The molecule has 0 amide bonds. The molecule has 1 fully saturated rings. The van der Waals surface area contributed by atoms with Crippen LogP contribution in [0.1, 0.15) is 18.4 Å². The molecule has 1 aromatic rings. The van der Waals surface area contributed by atoms with Gasteiger partial charge >= 0.3 is 0 Å². The second-order valence-corrected chi connectivity index (χ2v) is 10.6. The second kappa shape index (κ2) is 6.29. The monoisotopic (exact) mass is 374 g/mol. The zero-order valence-electron chi connectivity index (χ0n) is 13.8. The molecule has 0 radical (unpaired) electrons. The van der Waals surface area contributed by atoms with Crippen LogP contribution in [0.2, 0.25) is 0 Å². The molecule has 2 aliphatic heterocycles. The number of rotatable bonds is 4. The summed E-state index contributed by atoms with van der Waals surface area (Å²) in [6, 6.07) is 5.10. The number of sulfonamides is 2. The smallest absolute Gasteiger partial charge is 0.246 e. The lowest BCUT2D eigenvalue weighted by atomic mass is 10.2. The Morgan fingerprint density at radius 3 is 2.67 bits per heavy atom. The third-order valence-electron chi connectivity index (χ3n) is 4.57. The highest BCUT2D eigenvalue weighted by atomic mass is 32.2. The molecular weight excluding hydrogens is 352 g/mol. The van der Waals surface area contributed by atoms with Crippen molar-refractivity contribution in [2.24, 2.45) is 0 Å². The van der Waals surface area contributed by atoms with Crippen molar-refractivity contribution in [1.82, 2.24) is 8.61 Å². The van der Waals surface area contributed by atoms with Crippen LogP contribution in [0.15, 0.2) is 23.1 Å². The molecule has 0 aromatic heterocycles. The van der Waals surface area contributed by atoms with Gasteiger partial charge in [-0.15, -0.1) is 0 Å². The summed E-state index contributed by atoms with van der Waals surface area (Å²) in [5.41, 5.74) is 0.880. The van der Waals surface area contributed by atoms with Gasteiger partial charge in [0.05, 0.1) is 11.9 Å². The van der Waals surface area contributed by atoms with Crippen LogP contribution in [0.3, 0.4) is 0 Å². The predicted octanol–water partition coefficient (Wildman–Crippen LogP) is 0.666. The Hall–Kier alpha value is -1.16. The minimum Gasteiger partial charge on any atom is -0.492 e. The summed E-state index contributed by atoms with van der Waals surface area (Å²) in [5.74, 6) is 0.412. The van der Waals surface area contributed by atoms with Gasteiger partial charge < -0.3 is 4.74 Å². The Kier molecular flexibility index (Phi) is 4.63. The van der Waals surface area contributed by atoms with Crippen LogP contribution in [0.5, 0.6) is 5.75 Å².